The first kappa shape index (κ1) is 91.2. The molecule has 0 spiro atoms. The number of carbonyl (C=O) groups is 3. The molecule has 0 aliphatic carbocycles. The zero-order chi connectivity index (χ0) is 69.5. The van der Waals surface area contributed by atoms with E-state index in [0.29, 0.717) is 19.3 Å². The van der Waals surface area contributed by atoms with Crippen molar-refractivity contribution < 1.29 is 75.8 Å². The summed E-state index contributed by atoms with van der Waals surface area (Å²) in [6.45, 7) is 2.52. The smallest absolute Gasteiger partial charge is 0.463 e. The Hall–Kier alpha value is -3.79. The lowest BCUT2D eigenvalue weighted by Gasteiger charge is -2.21. The molecular formula is C77H134O16P2. The number of esters is 3. The fourth-order valence-electron chi connectivity index (χ4n) is 9.82. The number of ether oxygens (including phenoxy) is 3. The van der Waals surface area contributed by atoms with E-state index in [2.05, 4.69) is 130 Å². The van der Waals surface area contributed by atoms with E-state index >= 15 is 0 Å². The summed E-state index contributed by atoms with van der Waals surface area (Å²) in [6.07, 6.45) is 79.8. The summed E-state index contributed by atoms with van der Waals surface area (Å²) < 4.78 is 61.0. The number of carbonyl (C=O) groups excluding carboxylic acids is 3. The second kappa shape index (κ2) is 70.1. The third kappa shape index (κ3) is 71.3. The lowest BCUT2D eigenvalue weighted by molar-refractivity contribution is -0.161. The normalized spacial score (nSPS) is 14.7. The molecule has 0 saturated heterocycles. The van der Waals surface area contributed by atoms with E-state index in [1.807, 2.05) is 0 Å². The highest BCUT2D eigenvalue weighted by molar-refractivity contribution is 7.47. The van der Waals surface area contributed by atoms with E-state index in [1.54, 1.807) is 0 Å². The van der Waals surface area contributed by atoms with Crippen molar-refractivity contribution in [1.29, 1.82) is 0 Å². The van der Waals surface area contributed by atoms with Crippen molar-refractivity contribution in [2.45, 2.75) is 322 Å². The molecule has 18 heteroatoms. The summed E-state index contributed by atoms with van der Waals surface area (Å²) in [7, 11) is -9.79. The second-order valence-electron chi connectivity index (χ2n) is 24.7. The molecule has 0 aliphatic heterocycles. The summed E-state index contributed by atoms with van der Waals surface area (Å²) in [4.78, 5) is 58.5. The molecule has 548 valence electrons. The van der Waals surface area contributed by atoms with Crippen LogP contribution in [-0.4, -0.2) is 95.9 Å². The van der Waals surface area contributed by atoms with Crippen molar-refractivity contribution in [2.75, 3.05) is 39.6 Å². The van der Waals surface area contributed by atoms with Crippen molar-refractivity contribution in [3.8, 4) is 0 Å². The third-order valence-corrected chi connectivity index (χ3v) is 17.4. The van der Waals surface area contributed by atoms with Crippen LogP contribution in [0.4, 0.5) is 0 Å². The second-order valence-corrected chi connectivity index (χ2v) is 27.6. The Bertz CT molecular complexity index is 2170. The van der Waals surface area contributed by atoms with Gasteiger partial charge in [-0.2, -0.15) is 0 Å². The molecule has 5 atom stereocenters. The van der Waals surface area contributed by atoms with Gasteiger partial charge in [0.2, 0.25) is 0 Å². The zero-order valence-electron chi connectivity index (χ0n) is 59.6. The van der Waals surface area contributed by atoms with E-state index in [9.17, 15) is 43.5 Å². The highest BCUT2D eigenvalue weighted by atomic mass is 31.2. The first-order valence-corrected chi connectivity index (χ1v) is 40.2. The van der Waals surface area contributed by atoms with Gasteiger partial charge in [0.25, 0.3) is 0 Å². The van der Waals surface area contributed by atoms with Crippen LogP contribution in [0.1, 0.15) is 303 Å². The van der Waals surface area contributed by atoms with Gasteiger partial charge in [-0.1, -0.05) is 284 Å². The minimum Gasteiger partial charge on any atom is -0.463 e. The van der Waals surface area contributed by atoms with Gasteiger partial charge in [-0.05, 0) is 109 Å². The molecule has 4 N–H and O–H groups in total. The molecule has 0 saturated carbocycles. The van der Waals surface area contributed by atoms with E-state index in [1.165, 1.54) is 89.9 Å². The number of aliphatic hydroxyl groups is 2. The molecular weight excluding hydrogens is 1240 g/mol. The number of aliphatic hydroxyl groups excluding tert-OH is 2. The standard InChI is InChI=1S/C77H134O16P2/c1-4-7-10-13-16-19-22-25-28-30-32-34-35-37-39-40-43-45-48-51-54-57-60-63-75(80)87-66-72(78)67-89-94(83,84)90-68-73(79)69-91-95(85,86)92-71-74(93-77(82)65-62-59-56-53-50-47-42-27-24-21-18-15-12-9-6-3)70-88-76(81)64-61-58-55-52-49-46-44-41-38-36-33-31-29-26-23-20-17-14-11-8-5-2/h7,10,16-17,19-20,25-26,28-29,32-34,36-37,39,41,44,72-74,78-79H,4-6,8-9,11-15,18,21-24,27,30-31,35,38,40,42-43,45-71H2,1-3H3,(H,83,84)(H,85,86)/b10-7-,19-16-,20-17-,28-25-,29-26-,34-32-,36-33-,39-37-,44-41-. The highest BCUT2D eigenvalue weighted by Gasteiger charge is 2.29. The van der Waals surface area contributed by atoms with Gasteiger partial charge in [0, 0.05) is 19.3 Å². The number of hydrogen-bond acceptors (Lipinski definition) is 14. The molecule has 16 nitrogen and oxygen atoms in total. The Kier molecular flexibility index (Phi) is 67.3. The number of rotatable bonds is 70. The van der Waals surface area contributed by atoms with E-state index < -0.39 is 91.5 Å². The molecule has 0 bridgehead atoms. The molecule has 0 aliphatic rings. The monoisotopic (exact) mass is 1380 g/mol. The predicted molar refractivity (Wildman–Crippen MR) is 390 cm³/mol. The van der Waals surface area contributed by atoms with Crippen molar-refractivity contribution in [3.05, 3.63) is 109 Å². The minimum absolute atomic E-state index is 0.102. The van der Waals surface area contributed by atoms with Gasteiger partial charge in [-0.15, -0.1) is 0 Å². The fraction of sp³-hybridized carbons (Fsp3) is 0.727. The third-order valence-electron chi connectivity index (χ3n) is 15.5. The summed E-state index contributed by atoms with van der Waals surface area (Å²) >= 11 is 0. The lowest BCUT2D eigenvalue weighted by Crippen LogP contribution is -2.30. The number of phosphoric ester groups is 2. The number of hydrogen-bond donors (Lipinski definition) is 4. The van der Waals surface area contributed by atoms with Crippen molar-refractivity contribution in [2.24, 2.45) is 0 Å². The summed E-state index contributed by atoms with van der Waals surface area (Å²) in [5.74, 6) is -1.60. The fourth-order valence-corrected chi connectivity index (χ4v) is 11.4. The van der Waals surface area contributed by atoms with Gasteiger partial charge in [0.05, 0.1) is 26.4 Å². The Labute approximate surface area is 577 Å². The van der Waals surface area contributed by atoms with Crippen molar-refractivity contribution >= 4 is 33.6 Å². The van der Waals surface area contributed by atoms with Crippen molar-refractivity contribution in [3.63, 3.8) is 0 Å². The van der Waals surface area contributed by atoms with E-state index in [-0.39, 0.29) is 19.3 Å². The number of unbranched alkanes of at least 4 members (excludes halogenated alkanes) is 29. The van der Waals surface area contributed by atoms with Crippen LogP contribution in [-0.2, 0) is 55.8 Å². The molecule has 0 fully saturated rings. The summed E-state index contributed by atoms with van der Waals surface area (Å²) in [5.41, 5.74) is 0. The SMILES string of the molecule is CC/C=C\C/C=C\C/C=C\C/C=C\C/C=C\CCCCCCCCCC(=O)OCC(O)COP(=O)(O)OCC(O)COP(=O)(O)OCC(COC(=O)CCCCCCC/C=C\C/C=C\C/C=C\C/C=C\CCCCC)OC(=O)CCCCCCCCCCCCCCCCC. The summed E-state index contributed by atoms with van der Waals surface area (Å²) in [5, 5.41) is 20.6. The first-order chi connectivity index (χ1) is 46.2. The highest BCUT2D eigenvalue weighted by Crippen LogP contribution is 2.45. The van der Waals surface area contributed by atoms with Crippen LogP contribution in [0.5, 0.6) is 0 Å². The Balaban J connectivity index is 4.65. The Morgan fingerprint density at radius 1 is 0.305 bits per heavy atom. The molecule has 0 radical (unpaired) electrons. The summed E-state index contributed by atoms with van der Waals surface area (Å²) in [6, 6.07) is 0. The van der Waals surface area contributed by atoms with Crippen LogP contribution in [0.25, 0.3) is 0 Å². The van der Waals surface area contributed by atoms with Gasteiger partial charge < -0.3 is 34.2 Å². The van der Waals surface area contributed by atoms with Gasteiger partial charge in [0.15, 0.2) is 6.10 Å². The lowest BCUT2D eigenvalue weighted by atomic mass is 10.0. The maximum Gasteiger partial charge on any atom is 0.472 e. The average molecular weight is 1380 g/mol. The van der Waals surface area contributed by atoms with Crippen LogP contribution in [0, 0.1) is 0 Å². The van der Waals surface area contributed by atoms with Crippen LogP contribution < -0.4 is 0 Å². The molecule has 0 aromatic rings. The molecule has 0 heterocycles. The average Bonchev–Trinajstić information content (AvgIpc) is 1.93. The molecule has 5 unspecified atom stereocenters. The van der Waals surface area contributed by atoms with Crippen LogP contribution >= 0.6 is 15.6 Å². The van der Waals surface area contributed by atoms with Gasteiger partial charge >= 0.3 is 33.6 Å². The van der Waals surface area contributed by atoms with Gasteiger partial charge in [-0.25, -0.2) is 9.13 Å². The molecule has 0 amide bonds. The molecule has 0 aromatic heterocycles. The van der Waals surface area contributed by atoms with E-state index in [4.69, 9.17) is 32.3 Å². The maximum absolute atomic E-state index is 13.0. The molecule has 0 aromatic carbocycles. The van der Waals surface area contributed by atoms with Crippen LogP contribution in [0.15, 0.2) is 109 Å². The largest absolute Gasteiger partial charge is 0.472 e. The van der Waals surface area contributed by atoms with Crippen LogP contribution in [0.3, 0.4) is 0 Å². The quantitative estimate of drug-likeness (QED) is 0.0146. The molecule has 95 heavy (non-hydrogen) atoms. The number of allylic oxidation sites excluding steroid dienone is 18. The minimum atomic E-state index is -4.93. The number of phosphoric acid groups is 2. The van der Waals surface area contributed by atoms with Crippen molar-refractivity contribution in [1.82, 2.24) is 0 Å². The van der Waals surface area contributed by atoms with Crippen LogP contribution in [0.2, 0.25) is 0 Å². The topological polar surface area (TPSA) is 231 Å². The first-order valence-electron chi connectivity index (χ1n) is 37.2. The van der Waals surface area contributed by atoms with E-state index in [0.717, 1.165) is 154 Å². The molecule has 0 rings (SSSR count). The zero-order valence-corrected chi connectivity index (χ0v) is 61.4. The Morgan fingerprint density at radius 3 is 0.905 bits per heavy atom. The van der Waals surface area contributed by atoms with Gasteiger partial charge in [-0.3, -0.25) is 32.5 Å². The predicted octanol–water partition coefficient (Wildman–Crippen LogP) is 21.2. The van der Waals surface area contributed by atoms with Gasteiger partial charge in [0.1, 0.15) is 25.4 Å². The Morgan fingerprint density at radius 2 is 0.558 bits per heavy atom. The maximum atomic E-state index is 13.0.